The molecule has 0 heterocycles. The number of hydrogen-bond acceptors (Lipinski definition) is 3. The number of nitrogens with one attached hydrogen (secondary N) is 1. The average molecular weight is 273 g/mol. The van der Waals surface area contributed by atoms with Gasteiger partial charge >= 0.3 is 5.97 Å². The van der Waals surface area contributed by atoms with E-state index >= 15 is 0 Å². The average Bonchev–Trinajstić information content (AvgIpc) is 2.36. The minimum Gasteiger partial charge on any atom is -0.420 e. The number of benzene rings is 1. The van der Waals surface area contributed by atoms with Crippen LogP contribution in [0.3, 0.4) is 0 Å². The van der Waals surface area contributed by atoms with Gasteiger partial charge in [0.2, 0.25) is 5.75 Å². The summed E-state index contributed by atoms with van der Waals surface area (Å²) in [7, 11) is 0. The van der Waals surface area contributed by atoms with Gasteiger partial charge in [-0.1, -0.05) is 13.8 Å². The van der Waals surface area contributed by atoms with E-state index in [9.17, 15) is 18.4 Å². The summed E-state index contributed by atoms with van der Waals surface area (Å²) in [6.07, 6.45) is 0. The second kappa shape index (κ2) is 8.18. The summed E-state index contributed by atoms with van der Waals surface area (Å²) in [4.78, 5) is 21.9. The summed E-state index contributed by atoms with van der Waals surface area (Å²) in [5.41, 5.74) is -0.169. The molecule has 1 N–H and O–H groups in total. The zero-order valence-electron chi connectivity index (χ0n) is 11.3. The Morgan fingerprint density at radius 2 is 1.68 bits per heavy atom. The molecular formula is C13H17F2NO3. The number of esters is 1. The van der Waals surface area contributed by atoms with Crippen LogP contribution >= 0.6 is 0 Å². The number of halogens is 2. The van der Waals surface area contributed by atoms with Crippen LogP contribution in [0.15, 0.2) is 12.1 Å². The van der Waals surface area contributed by atoms with E-state index < -0.39 is 29.3 Å². The molecule has 0 spiro atoms. The van der Waals surface area contributed by atoms with Gasteiger partial charge in [0.25, 0.3) is 5.91 Å². The van der Waals surface area contributed by atoms with Crippen LogP contribution in [-0.2, 0) is 4.79 Å². The second-order valence-corrected chi connectivity index (χ2v) is 3.22. The van der Waals surface area contributed by atoms with Crippen LogP contribution in [0.25, 0.3) is 0 Å². The number of amides is 1. The van der Waals surface area contributed by atoms with Crippen LogP contribution in [-0.4, -0.2) is 18.4 Å². The molecule has 0 saturated carbocycles. The van der Waals surface area contributed by atoms with Gasteiger partial charge in [0, 0.05) is 19.0 Å². The maximum Gasteiger partial charge on any atom is 0.308 e. The van der Waals surface area contributed by atoms with E-state index in [1.54, 1.807) is 6.92 Å². The number of ether oxygens (including phenoxy) is 1. The monoisotopic (exact) mass is 273 g/mol. The van der Waals surface area contributed by atoms with Gasteiger partial charge in [0.05, 0.1) is 0 Å². The predicted molar refractivity (Wildman–Crippen MR) is 67.0 cm³/mol. The van der Waals surface area contributed by atoms with Crippen molar-refractivity contribution in [2.24, 2.45) is 0 Å². The molecule has 0 aliphatic heterocycles. The van der Waals surface area contributed by atoms with Gasteiger partial charge in [-0.15, -0.1) is 0 Å². The molecule has 0 saturated heterocycles. The molecule has 19 heavy (non-hydrogen) atoms. The minimum absolute atomic E-state index is 0.169. The van der Waals surface area contributed by atoms with Crippen LogP contribution < -0.4 is 10.1 Å². The van der Waals surface area contributed by atoms with E-state index in [4.69, 9.17) is 0 Å². The SMILES string of the molecule is CC.CCNC(=O)c1cc(F)c(OC(C)=O)c(F)c1. The topological polar surface area (TPSA) is 55.4 Å². The third-order valence-corrected chi connectivity index (χ3v) is 1.84. The van der Waals surface area contributed by atoms with Crippen LogP contribution in [0, 0.1) is 11.6 Å². The molecule has 0 unspecified atom stereocenters. The number of carbonyl (C=O) groups excluding carboxylic acids is 2. The van der Waals surface area contributed by atoms with Crippen LogP contribution in [0.2, 0.25) is 0 Å². The molecular weight excluding hydrogens is 256 g/mol. The highest BCUT2D eigenvalue weighted by atomic mass is 19.1. The van der Waals surface area contributed by atoms with E-state index in [2.05, 4.69) is 10.1 Å². The quantitative estimate of drug-likeness (QED) is 0.680. The molecule has 0 aliphatic carbocycles. The highest BCUT2D eigenvalue weighted by Gasteiger charge is 2.17. The van der Waals surface area contributed by atoms with Crippen molar-refractivity contribution in [3.05, 3.63) is 29.3 Å². The third-order valence-electron chi connectivity index (χ3n) is 1.84. The molecule has 0 bridgehead atoms. The lowest BCUT2D eigenvalue weighted by Crippen LogP contribution is -2.23. The lowest BCUT2D eigenvalue weighted by molar-refractivity contribution is -0.132. The van der Waals surface area contributed by atoms with Crippen LogP contribution in [0.5, 0.6) is 5.75 Å². The first-order chi connectivity index (χ1) is 8.95. The Bertz CT molecular complexity index is 438. The first kappa shape index (κ1) is 17.0. The van der Waals surface area contributed by atoms with E-state index in [1.165, 1.54) is 0 Å². The molecule has 6 heteroatoms. The van der Waals surface area contributed by atoms with Crippen molar-refractivity contribution in [3.63, 3.8) is 0 Å². The zero-order chi connectivity index (χ0) is 15.0. The smallest absolute Gasteiger partial charge is 0.308 e. The van der Waals surface area contributed by atoms with E-state index in [-0.39, 0.29) is 5.56 Å². The van der Waals surface area contributed by atoms with E-state index in [0.29, 0.717) is 6.54 Å². The lowest BCUT2D eigenvalue weighted by atomic mass is 10.2. The zero-order valence-corrected chi connectivity index (χ0v) is 11.3. The third kappa shape index (κ3) is 5.03. The van der Waals surface area contributed by atoms with Gasteiger partial charge in [0.15, 0.2) is 11.6 Å². The van der Waals surface area contributed by atoms with Gasteiger partial charge in [-0.2, -0.15) is 0 Å². The molecule has 1 amide bonds. The molecule has 0 aromatic heterocycles. The summed E-state index contributed by atoms with van der Waals surface area (Å²) < 4.78 is 31.1. The van der Waals surface area contributed by atoms with Crippen molar-refractivity contribution in [1.82, 2.24) is 5.32 Å². The summed E-state index contributed by atoms with van der Waals surface area (Å²) in [5, 5.41) is 2.40. The van der Waals surface area contributed by atoms with Crippen LogP contribution in [0.4, 0.5) is 8.78 Å². The normalized spacial score (nSPS) is 9.16. The lowest BCUT2D eigenvalue weighted by Gasteiger charge is -2.07. The predicted octanol–water partition coefficient (Wildman–Crippen LogP) is 2.67. The fourth-order valence-corrected chi connectivity index (χ4v) is 1.19. The highest BCUT2D eigenvalue weighted by Crippen LogP contribution is 2.23. The van der Waals surface area contributed by atoms with Crippen molar-refractivity contribution in [2.75, 3.05) is 6.54 Å². The largest absolute Gasteiger partial charge is 0.420 e. The van der Waals surface area contributed by atoms with Crippen molar-refractivity contribution in [2.45, 2.75) is 27.7 Å². The Kier molecular flexibility index (Phi) is 7.33. The van der Waals surface area contributed by atoms with Crippen molar-refractivity contribution < 1.29 is 23.1 Å². The Morgan fingerprint density at radius 3 is 2.05 bits per heavy atom. The van der Waals surface area contributed by atoms with Gasteiger partial charge in [0.1, 0.15) is 0 Å². The Labute approximate surface area is 110 Å². The van der Waals surface area contributed by atoms with Crippen molar-refractivity contribution in [3.8, 4) is 5.75 Å². The second-order valence-electron chi connectivity index (χ2n) is 3.22. The van der Waals surface area contributed by atoms with Gasteiger partial charge < -0.3 is 10.1 Å². The molecule has 4 nitrogen and oxygen atoms in total. The molecule has 1 aromatic carbocycles. The van der Waals surface area contributed by atoms with Crippen molar-refractivity contribution >= 4 is 11.9 Å². The molecule has 0 radical (unpaired) electrons. The van der Waals surface area contributed by atoms with E-state index in [1.807, 2.05) is 13.8 Å². The molecule has 0 aliphatic rings. The van der Waals surface area contributed by atoms with Gasteiger partial charge in [-0.25, -0.2) is 8.78 Å². The maximum absolute atomic E-state index is 13.4. The fourth-order valence-electron chi connectivity index (χ4n) is 1.19. The summed E-state index contributed by atoms with van der Waals surface area (Å²) in [5.74, 6) is -4.43. The Hall–Kier alpha value is -1.98. The number of hydrogen-bond donors (Lipinski definition) is 1. The summed E-state index contributed by atoms with van der Waals surface area (Å²) in [6.45, 7) is 7.04. The first-order valence-electron chi connectivity index (χ1n) is 5.91. The summed E-state index contributed by atoms with van der Waals surface area (Å²) in [6, 6.07) is 1.62. The highest BCUT2D eigenvalue weighted by molar-refractivity contribution is 5.94. The fraction of sp³-hybridized carbons (Fsp3) is 0.385. The van der Waals surface area contributed by atoms with Crippen molar-refractivity contribution in [1.29, 1.82) is 0 Å². The minimum atomic E-state index is -1.10. The Morgan fingerprint density at radius 1 is 1.21 bits per heavy atom. The van der Waals surface area contributed by atoms with Gasteiger partial charge in [-0.05, 0) is 19.1 Å². The number of carbonyl (C=O) groups is 2. The molecule has 0 atom stereocenters. The molecule has 1 rings (SSSR count). The Balaban J connectivity index is 0.00000154. The van der Waals surface area contributed by atoms with E-state index in [0.717, 1.165) is 19.1 Å². The molecule has 106 valence electrons. The molecule has 0 fully saturated rings. The standard InChI is InChI=1S/C11H11F2NO3.C2H6/c1-3-14-11(16)7-4-8(12)10(9(13)5-7)17-6(2)15;1-2/h4-5H,3H2,1-2H3,(H,14,16);1-2H3. The molecule has 1 aromatic rings. The maximum atomic E-state index is 13.4. The number of rotatable bonds is 3. The first-order valence-corrected chi connectivity index (χ1v) is 5.91. The van der Waals surface area contributed by atoms with Crippen LogP contribution in [0.1, 0.15) is 38.1 Å². The summed E-state index contributed by atoms with van der Waals surface area (Å²) >= 11 is 0. The van der Waals surface area contributed by atoms with Gasteiger partial charge in [-0.3, -0.25) is 9.59 Å².